The van der Waals surface area contributed by atoms with Crippen molar-refractivity contribution in [1.82, 2.24) is 0 Å². The van der Waals surface area contributed by atoms with E-state index in [0.29, 0.717) is 0 Å². The lowest BCUT2D eigenvalue weighted by molar-refractivity contribution is -0.118. The van der Waals surface area contributed by atoms with Gasteiger partial charge >= 0.3 is 0 Å². The second kappa shape index (κ2) is 3.69. The number of carbonyl (C=O) groups excluding carboxylic acids is 1. The number of benzene rings is 2. The largest absolute Gasteiger partial charge is 0.325 e. The molecule has 100 valence electrons. The highest BCUT2D eigenvalue weighted by molar-refractivity contribution is 6.10. The van der Waals surface area contributed by atoms with Crippen molar-refractivity contribution in [2.24, 2.45) is 5.92 Å². The zero-order chi connectivity index (χ0) is 13.9. The van der Waals surface area contributed by atoms with Crippen molar-refractivity contribution in [1.29, 1.82) is 0 Å². The van der Waals surface area contributed by atoms with Gasteiger partial charge in [0, 0.05) is 11.6 Å². The standard InChI is InChI=1S/C17H14FNO/c1-10-15(11-5-3-2-4-6-11)17(10)13-9-12(18)7-8-14(13)19-16(17)20/h2-10,15H,1H3,(H,19,20). The summed E-state index contributed by atoms with van der Waals surface area (Å²) in [5.74, 6) is 0.0321. The molecule has 2 aliphatic rings. The number of anilines is 1. The Morgan fingerprint density at radius 3 is 2.65 bits per heavy atom. The van der Waals surface area contributed by atoms with Crippen LogP contribution in [0.5, 0.6) is 0 Å². The van der Waals surface area contributed by atoms with Gasteiger partial charge in [-0.3, -0.25) is 4.79 Å². The molecule has 1 aliphatic heterocycles. The van der Waals surface area contributed by atoms with Gasteiger partial charge in [0.1, 0.15) is 5.82 Å². The molecule has 3 atom stereocenters. The lowest BCUT2D eigenvalue weighted by Gasteiger charge is -2.09. The third kappa shape index (κ3) is 1.25. The van der Waals surface area contributed by atoms with Gasteiger partial charge in [-0.2, -0.15) is 0 Å². The van der Waals surface area contributed by atoms with Gasteiger partial charge < -0.3 is 5.32 Å². The molecule has 20 heavy (non-hydrogen) atoms. The zero-order valence-corrected chi connectivity index (χ0v) is 11.1. The maximum atomic E-state index is 13.6. The number of carbonyl (C=O) groups is 1. The molecule has 2 aromatic rings. The van der Waals surface area contributed by atoms with E-state index < -0.39 is 5.41 Å². The fourth-order valence-electron chi connectivity index (χ4n) is 3.85. The molecule has 1 heterocycles. The predicted octanol–water partition coefficient (Wildman–Crippen LogP) is 3.45. The summed E-state index contributed by atoms with van der Waals surface area (Å²) in [5, 5.41) is 2.90. The summed E-state index contributed by atoms with van der Waals surface area (Å²) < 4.78 is 13.6. The van der Waals surface area contributed by atoms with Crippen LogP contribution < -0.4 is 5.32 Å². The van der Waals surface area contributed by atoms with Crippen molar-refractivity contribution in [3.8, 4) is 0 Å². The van der Waals surface area contributed by atoms with E-state index in [1.165, 1.54) is 12.1 Å². The van der Waals surface area contributed by atoms with Crippen LogP contribution in [0, 0.1) is 11.7 Å². The van der Waals surface area contributed by atoms with Gasteiger partial charge in [0.15, 0.2) is 0 Å². The van der Waals surface area contributed by atoms with E-state index in [4.69, 9.17) is 0 Å². The van der Waals surface area contributed by atoms with Crippen molar-refractivity contribution in [2.75, 3.05) is 5.32 Å². The molecule has 1 spiro atoms. The second-order valence-corrected chi connectivity index (χ2v) is 5.69. The Morgan fingerprint density at radius 1 is 1.15 bits per heavy atom. The van der Waals surface area contributed by atoms with Crippen LogP contribution in [-0.4, -0.2) is 5.91 Å². The third-order valence-electron chi connectivity index (χ3n) is 4.81. The lowest BCUT2D eigenvalue weighted by Crippen LogP contribution is -2.22. The van der Waals surface area contributed by atoms with Crippen LogP contribution in [0.15, 0.2) is 48.5 Å². The van der Waals surface area contributed by atoms with E-state index in [1.807, 2.05) is 30.3 Å². The van der Waals surface area contributed by atoms with Gasteiger partial charge in [0.2, 0.25) is 5.91 Å². The minimum atomic E-state index is -0.585. The summed E-state index contributed by atoms with van der Waals surface area (Å²) in [6.45, 7) is 2.07. The van der Waals surface area contributed by atoms with E-state index in [9.17, 15) is 9.18 Å². The van der Waals surface area contributed by atoms with Crippen molar-refractivity contribution >= 4 is 11.6 Å². The molecule has 1 saturated carbocycles. The Balaban J connectivity index is 1.87. The fraction of sp³-hybridized carbons (Fsp3) is 0.235. The molecule has 4 rings (SSSR count). The molecular formula is C17H14FNO. The molecule has 0 bridgehead atoms. The monoisotopic (exact) mass is 267 g/mol. The van der Waals surface area contributed by atoms with Crippen molar-refractivity contribution in [3.05, 3.63) is 65.5 Å². The lowest BCUT2D eigenvalue weighted by atomic mass is 9.91. The van der Waals surface area contributed by atoms with Gasteiger partial charge in [-0.15, -0.1) is 0 Å². The van der Waals surface area contributed by atoms with E-state index in [1.54, 1.807) is 6.07 Å². The number of rotatable bonds is 1. The number of hydrogen-bond donors (Lipinski definition) is 1. The summed E-state index contributed by atoms with van der Waals surface area (Å²) in [6.07, 6.45) is 0. The van der Waals surface area contributed by atoms with Crippen LogP contribution in [-0.2, 0) is 10.2 Å². The molecule has 0 radical (unpaired) electrons. The fourth-order valence-corrected chi connectivity index (χ4v) is 3.85. The Morgan fingerprint density at radius 2 is 1.90 bits per heavy atom. The van der Waals surface area contributed by atoms with Crippen LogP contribution in [0.4, 0.5) is 10.1 Å². The maximum Gasteiger partial charge on any atom is 0.236 e. The highest BCUT2D eigenvalue weighted by Crippen LogP contribution is 2.69. The minimum absolute atomic E-state index is 0.000506. The van der Waals surface area contributed by atoms with Crippen molar-refractivity contribution < 1.29 is 9.18 Å². The summed E-state index contributed by atoms with van der Waals surface area (Å²) in [6, 6.07) is 14.6. The van der Waals surface area contributed by atoms with E-state index in [-0.39, 0.29) is 23.6 Å². The average Bonchev–Trinajstić information content (AvgIpc) is 2.98. The van der Waals surface area contributed by atoms with Crippen LogP contribution in [0.1, 0.15) is 24.0 Å². The second-order valence-electron chi connectivity index (χ2n) is 5.69. The van der Waals surface area contributed by atoms with Crippen LogP contribution >= 0.6 is 0 Å². The van der Waals surface area contributed by atoms with Crippen molar-refractivity contribution in [3.63, 3.8) is 0 Å². The summed E-state index contributed by atoms with van der Waals surface area (Å²) in [4.78, 5) is 12.5. The molecule has 1 N–H and O–H groups in total. The summed E-state index contributed by atoms with van der Waals surface area (Å²) in [5.41, 5.74) is 2.12. The molecule has 3 heteroatoms. The van der Waals surface area contributed by atoms with Gasteiger partial charge in [-0.05, 0) is 35.2 Å². The number of nitrogens with one attached hydrogen (secondary N) is 1. The minimum Gasteiger partial charge on any atom is -0.325 e. The number of fused-ring (bicyclic) bond motifs is 2. The quantitative estimate of drug-likeness (QED) is 0.842. The average molecular weight is 267 g/mol. The Kier molecular flexibility index (Phi) is 2.15. The zero-order valence-electron chi connectivity index (χ0n) is 11.1. The summed E-state index contributed by atoms with van der Waals surface area (Å²) in [7, 11) is 0. The topological polar surface area (TPSA) is 29.1 Å². The molecule has 1 aliphatic carbocycles. The van der Waals surface area contributed by atoms with Crippen molar-refractivity contribution in [2.45, 2.75) is 18.3 Å². The first-order valence-corrected chi connectivity index (χ1v) is 6.82. The van der Waals surface area contributed by atoms with E-state index in [2.05, 4.69) is 12.2 Å². The van der Waals surface area contributed by atoms with E-state index in [0.717, 1.165) is 16.8 Å². The maximum absolute atomic E-state index is 13.6. The van der Waals surface area contributed by atoms with Gasteiger partial charge in [-0.25, -0.2) is 4.39 Å². The van der Waals surface area contributed by atoms with Crippen LogP contribution in [0.3, 0.4) is 0 Å². The van der Waals surface area contributed by atoms with Gasteiger partial charge in [0.25, 0.3) is 0 Å². The first-order chi connectivity index (χ1) is 9.65. The smallest absolute Gasteiger partial charge is 0.236 e. The Bertz CT molecular complexity index is 712. The number of amides is 1. The SMILES string of the molecule is CC1C(c2ccccc2)C12C(=O)Nc1ccc(F)cc12. The van der Waals surface area contributed by atoms with Crippen LogP contribution in [0.2, 0.25) is 0 Å². The molecule has 2 nitrogen and oxygen atoms in total. The molecule has 0 aromatic heterocycles. The number of hydrogen-bond acceptors (Lipinski definition) is 1. The highest BCUT2D eigenvalue weighted by atomic mass is 19.1. The normalized spacial score (nSPS) is 30.2. The first kappa shape index (κ1) is 11.6. The Hall–Kier alpha value is -2.16. The summed E-state index contributed by atoms with van der Waals surface area (Å²) >= 11 is 0. The molecule has 1 fully saturated rings. The molecule has 0 saturated heterocycles. The molecule has 1 amide bonds. The third-order valence-corrected chi connectivity index (χ3v) is 4.81. The van der Waals surface area contributed by atoms with E-state index >= 15 is 0 Å². The predicted molar refractivity (Wildman–Crippen MR) is 75.1 cm³/mol. The van der Waals surface area contributed by atoms with Gasteiger partial charge in [0.05, 0.1) is 5.41 Å². The molecular weight excluding hydrogens is 253 g/mol. The highest BCUT2D eigenvalue weighted by Gasteiger charge is 2.71. The van der Waals surface area contributed by atoms with Crippen LogP contribution in [0.25, 0.3) is 0 Å². The molecule has 2 aromatic carbocycles. The first-order valence-electron chi connectivity index (χ1n) is 6.82. The number of halogens is 1. The molecule has 3 unspecified atom stereocenters. The van der Waals surface area contributed by atoms with Gasteiger partial charge in [-0.1, -0.05) is 37.3 Å². The Labute approximate surface area is 116 Å².